The molecule has 0 unspecified atom stereocenters. The van der Waals surface area contributed by atoms with Crippen LogP contribution in [0.15, 0.2) is 39.7 Å². The second-order valence-electron chi connectivity index (χ2n) is 4.03. The van der Waals surface area contributed by atoms with E-state index >= 15 is 0 Å². The maximum atomic E-state index is 13.5. The molecular formula is C12H8BrF3N2O2S. The normalized spacial score (nSPS) is 11.4. The van der Waals surface area contributed by atoms with Crippen molar-refractivity contribution in [1.82, 2.24) is 0 Å². The van der Waals surface area contributed by atoms with E-state index in [9.17, 15) is 21.6 Å². The molecule has 0 saturated carbocycles. The lowest BCUT2D eigenvalue weighted by Crippen LogP contribution is -2.15. The van der Waals surface area contributed by atoms with E-state index in [0.717, 1.165) is 24.3 Å². The Hall–Kier alpha value is -1.74. The molecule has 0 amide bonds. The van der Waals surface area contributed by atoms with Crippen molar-refractivity contribution < 1.29 is 21.6 Å². The average Bonchev–Trinajstić information content (AvgIpc) is 2.37. The molecular weight excluding hydrogens is 373 g/mol. The number of nitrogens with two attached hydrogens (primary N) is 1. The van der Waals surface area contributed by atoms with Crippen molar-refractivity contribution in [2.75, 3.05) is 10.5 Å². The molecule has 9 heteroatoms. The van der Waals surface area contributed by atoms with E-state index < -0.39 is 33.2 Å². The van der Waals surface area contributed by atoms with Gasteiger partial charge < -0.3 is 5.73 Å². The minimum Gasteiger partial charge on any atom is -0.396 e. The molecule has 112 valence electrons. The zero-order chi connectivity index (χ0) is 15.8. The lowest BCUT2D eigenvalue weighted by atomic mass is 10.3. The molecule has 21 heavy (non-hydrogen) atoms. The summed E-state index contributed by atoms with van der Waals surface area (Å²) in [7, 11) is -4.22. The van der Waals surface area contributed by atoms with Crippen molar-refractivity contribution in [1.29, 1.82) is 0 Å². The van der Waals surface area contributed by atoms with E-state index in [1.54, 1.807) is 0 Å². The predicted molar refractivity (Wildman–Crippen MR) is 75.7 cm³/mol. The summed E-state index contributed by atoms with van der Waals surface area (Å²) >= 11 is 2.89. The Balaban J connectivity index is 2.46. The Morgan fingerprint density at radius 2 is 1.71 bits per heavy atom. The van der Waals surface area contributed by atoms with Crippen molar-refractivity contribution >= 4 is 37.3 Å². The second-order valence-corrected chi connectivity index (χ2v) is 6.54. The van der Waals surface area contributed by atoms with Gasteiger partial charge in [0.25, 0.3) is 10.0 Å². The smallest absolute Gasteiger partial charge is 0.263 e. The summed E-state index contributed by atoms with van der Waals surface area (Å²) in [6, 6.07) is 4.14. The molecule has 0 spiro atoms. The van der Waals surface area contributed by atoms with E-state index in [-0.39, 0.29) is 15.1 Å². The third-order valence-corrected chi connectivity index (χ3v) is 4.84. The molecule has 2 aromatic rings. The highest BCUT2D eigenvalue weighted by molar-refractivity contribution is 9.10. The predicted octanol–water partition coefficient (Wildman–Crippen LogP) is 3.25. The van der Waals surface area contributed by atoms with Crippen LogP contribution in [-0.4, -0.2) is 8.42 Å². The second kappa shape index (κ2) is 5.57. The number of rotatable bonds is 3. The first-order valence-corrected chi connectivity index (χ1v) is 7.71. The summed E-state index contributed by atoms with van der Waals surface area (Å²) in [5.74, 6) is -2.72. The number of anilines is 2. The average molecular weight is 381 g/mol. The third-order valence-electron chi connectivity index (χ3n) is 2.52. The van der Waals surface area contributed by atoms with Crippen LogP contribution in [0.25, 0.3) is 0 Å². The van der Waals surface area contributed by atoms with Gasteiger partial charge in [0.1, 0.15) is 22.3 Å². The zero-order valence-corrected chi connectivity index (χ0v) is 12.6. The van der Waals surface area contributed by atoms with Gasteiger partial charge in [-0.2, -0.15) is 0 Å². The fourth-order valence-electron chi connectivity index (χ4n) is 1.52. The van der Waals surface area contributed by atoms with Crippen LogP contribution >= 0.6 is 15.9 Å². The lowest BCUT2D eigenvalue weighted by molar-refractivity contribution is 0.582. The highest BCUT2D eigenvalue weighted by atomic mass is 79.9. The van der Waals surface area contributed by atoms with E-state index in [4.69, 9.17) is 5.73 Å². The van der Waals surface area contributed by atoms with Crippen molar-refractivity contribution in [2.24, 2.45) is 0 Å². The van der Waals surface area contributed by atoms with Crippen LogP contribution in [0.2, 0.25) is 0 Å². The van der Waals surface area contributed by atoms with Crippen molar-refractivity contribution in [2.45, 2.75) is 4.90 Å². The maximum absolute atomic E-state index is 13.5. The molecule has 0 aliphatic heterocycles. The molecule has 3 N–H and O–H groups in total. The van der Waals surface area contributed by atoms with Crippen LogP contribution in [0.3, 0.4) is 0 Å². The first-order valence-electron chi connectivity index (χ1n) is 5.43. The summed E-state index contributed by atoms with van der Waals surface area (Å²) < 4.78 is 65.6. The highest BCUT2D eigenvalue weighted by Crippen LogP contribution is 2.29. The first kappa shape index (κ1) is 15.6. The van der Waals surface area contributed by atoms with Crippen molar-refractivity contribution in [3.05, 3.63) is 52.3 Å². The number of hydrogen-bond acceptors (Lipinski definition) is 3. The van der Waals surface area contributed by atoms with Crippen LogP contribution in [-0.2, 0) is 10.0 Å². The number of benzene rings is 2. The minimum absolute atomic E-state index is 0.0794. The Kier molecular flexibility index (Phi) is 4.15. The Labute approximate surface area is 127 Å². The van der Waals surface area contributed by atoms with Crippen LogP contribution in [0.4, 0.5) is 24.5 Å². The Morgan fingerprint density at radius 3 is 2.33 bits per heavy atom. The third kappa shape index (κ3) is 3.30. The van der Waals surface area contributed by atoms with Gasteiger partial charge in [0.15, 0.2) is 0 Å². The van der Waals surface area contributed by atoms with Gasteiger partial charge in [0, 0.05) is 10.5 Å². The standard InChI is InChI=1S/C12H8BrF3N2O2S/c13-7-4-8(15)10(17)5-12(7)21(19,20)18-11-2-1-6(14)3-9(11)16/h1-5,18H,17H2. The molecule has 0 radical (unpaired) electrons. The number of halogens is 4. The molecule has 0 bridgehead atoms. The van der Waals surface area contributed by atoms with Gasteiger partial charge in [-0.1, -0.05) is 0 Å². The fraction of sp³-hybridized carbons (Fsp3) is 0. The molecule has 0 saturated heterocycles. The summed E-state index contributed by atoms with van der Waals surface area (Å²) in [5.41, 5.74) is 4.50. The lowest BCUT2D eigenvalue weighted by Gasteiger charge is -2.11. The summed E-state index contributed by atoms with van der Waals surface area (Å²) in [6.45, 7) is 0. The van der Waals surface area contributed by atoms with Crippen LogP contribution in [0.1, 0.15) is 0 Å². The van der Waals surface area contributed by atoms with E-state index in [1.165, 1.54) is 0 Å². The monoisotopic (exact) mass is 380 g/mol. The molecule has 0 heterocycles. The van der Waals surface area contributed by atoms with Gasteiger partial charge in [0.05, 0.1) is 11.4 Å². The molecule has 0 fully saturated rings. The van der Waals surface area contributed by atoms with Crippen LogP contribution < -0.4 is 10.5 Å². The van der Waals surface area contributed by atoms with Gasteiger partial charge in [-0.25, -0.2) is 21.6 Å². The van der Waals surface area contributed by atoms with E-state index in [0.29, 0.717) is 6.07 Å². The van der Waals surface area contributed by atoms with Gasteiger partial charge in [-0.3, -0.25) is 4.72 Å². The zero-order valence-electron chi connectivity index (χ0n) is 10.2. The largest absolute Gasteiger partial charge is 0.396 e. The quantitative estimate of drug-likeness (QED) is 0.802. The number of sulfonamides is 1. The van der Waals surface area contributed by atoms with Crippen LogP contribution in [0, 0.1) is 17.5 Å². The Morgan fingerprint density at radius 1 is 1.05 bits per heavy atom. The van der Waals surface area contributed by atoms with Crippen molar-refractivity contribution in [3.8, 4) is 0 Å². The van der Waals surface area contributed by atoms with Gasteiger partial charge >= 0.3 is 0 Å². The summed E-state index contributed by atoms with van der Waals surface area (Å²) in [6.07, 6.45) is 0. The fourth-order valence-corrected chi connectivity index (χ4v) is 3.64. The van der Waals surface area contributed by atoms with Gasteiger partial charge in [-0.05, 0) is 40.2 Å². The van der Waals surface area contributed by atoms with Crippen LogP contribution in [0.5, 0.6) is 0 Å². The summed E-state index contributed by atoms with van der Waals surface area (Å²) in [5, 5.41) is 0. The number of nitrogen functional groups attached to an aromatic ring is 1. The minimum atomic E-state index is -4.22. The molecule has 0 aromatic heterocycles. The van der Waals surface area contributed by atoms with E-state index in [1.807, 2.05) is 4.72 Å². The molecule has 0 aliphatic rings. The summed E-state index contributed by atoms with van der Waals surface area (Å²) in [4.78, 5) is -0.370. The SMILES string of the molecule is Nc1cc(S(=O)(=O)Nc2ccc(F)cc2F)c(Br)cc1F. The molecule has 2 aromatic carbocycles. The van der Waals surface area contributed by atoms with E-state index in [2.05, 4.69) is 15.9 Å². The molecule has 4 nitrogen and oxygen atoms in total. The number of nitrogens with one attached hydrogen (secondary N) is 1. The molecule has 2 rings (SSSR count). The maximum Gasteiger partial charge on any atom is 0.263 e. The molecule has 0 atom stereocenters. The van der Waals surface area contributed by atoms with Gasteiger partial charge in [-0.15, -0.1) is 0 Å². The topological polar surface area (TPSA) is 72.2 Å². The number of hydrogen-bond donors (Lipinski definition) is 2. The first-order chi connectivity index (χ1) is 9.70. The highest BCUT2D eigenvalue weighted by Gasteiger charge is 2.21. The Bertz CT molecular complexity index is 812. The van der Waals surface area contributed by atoms with Crippen molar-refractivity contribution in [3.63, 3.8) is 0 Å². The van der Waals surface area contributed by atoms with Gasteiger partial charge in [0.2, 0.25) is 0 Å². The molecule has 0 aliphatic carbocycles.